The number of amides is 3. The van der Waals surface area contributed by atoms with E-state index in [9.17, 15) is 9.59 Å². The molecule has 0 spiro atoms. The van der Waals surface area contributed by atoms with Crippen LogP contribution in [0.4, 0.5) is 4.79 Å². The van der Waals surface area contributed by atoms with E-state index in [0.29, 0.717) is 11.3 Å². The van der Waals surface area contributed by atoms with E-state index in [4.69, 9.17) is 0 Å². The van der Waals surface area contributed by atoms with Crippen molar-refractivity contribution >= 4 is 11.9 Å². The van der Waals surface area contributed by atoms with Gasteiger partial charge in [0.25, 0.3) is 5.91 Å². The number of urea groups is 1. The van der Waals surface area contributed by atoms with Gasteiger partial charge in [-0.3, -0.25) is 15.1 Å². The number of hydrogen-bond donors (Lipinski definition) is 2. The first kappa shape index (κ1) is 11.4. The van der Waals surface area contributed by atoms with Gasteiger partial charge in [-0.2, -0.15) is 0 Å². The van der Waals surface area contributed by atoms with Gasteiger partial charge in [0.1, 0.15) is 0 Å². The van der Waals surface area contributed by atoms with E-state index in [1.165, 1.54) is 0 Å². The first-order valence-corrected chi connectivity index (χ1v) is 5.84. The van der Waals surface area contributed by atoms with Crippen molar-refractivity contribution < 1.29 is 9.59 Å². The molecule has 5 heteroatoms. The van der Waals surface area contributed by atoms with E-state index in [0.717, 1.165) is 0 Å². The second-order valence-electron chi connectivity index (χ2n) is 4.24. The van der Waals surface area contributed by atoms with Crippen LogP contribution in [0, 0.1) is 0 Å². The molecular formula is C14H11N3O2. The van der Waals surface area contributed by atoms with Crippen molar-refractivity contribution in [3.63, 3.8) is 0 Å². The summed E-state index contributed by atoms with van der Waals surface area (Å²) in [5.74, 6) is -0.414. The fraction of sp³-hybridized carbons (Fsp3) is 0.0714. The van der Waals surface area contributed by atoms with Gasteiger partial charge in [-0.1, -0.05) is 36.4 Å². The average Bonchev–Trinajstić information content (AvgIpc) is 2.76. The number of imide groups is 1. The maximum absolute atomic E-state index is 12.3. The number of carbonyl (C=O) groups excluding carboxylic acids is 2. The summed E-state index contributed by atoms with van der Waals surface area (Å²) >= 11 is 0. The summed E-state index contributed by atoms with van der Waals surface area (Å²) in [5.41, 5.74) is -0.0822. The molecule has 2 aromatic rings. The summed E-state index contributed by atoms with van der Waals surface area (Å²) in [5, 5.41) is 4.96. The molecule has 0 aliphatic carbocycles. The van der Waals surface area contributed by atoms with Gasteiger partial charge in [-0.25, -0.2) is 4.79 Å². The van der Waals surface area contributed by atoms with Gasteiger partial charge in [0.15, 0.2) is 5.54 Å². The van der Waals surface area contributed by atoms with Crippen LogP contribution in [-0.2, 0) is 10.3 Å². The molecule has 0 saturated carbocycles. The summed E-state index contributed by atoms with van der Waals surface area (Å²) < 4.78 is 0. The van der Waals surface area contributed by atoms with Gasteiger partial charge in [0.05, 0.1) is 5.69 Å². The molecule has 3 rings (SSSR count). The fourth-order valence-electron chi connectivity index (χ4n) is 2.26. The molecule has 5 nitrogen and oxygen atoms in total. The van der Waals surface area contributed by atoms with Crippen LogP contribution in [0.2, 0.25) is 0 Å². The number of hydrogen-bond acceptors (Lipinski definition) is 3. The molecule has 2 N–H and O–H groups in total. The van der Waals surface area contributed by atoms with E-state index in [-0.39, 0.29) is 0 Å². The Morgan fingerprint density at radius 2 is 1.68 bits per heavy atom. The van der Waals surface area contributed by atoms with Crippen LogP contribution in [-0.4, -0.2) is 16.9 Å². The highest BCUT2D eigenvalue weighted by Crippen LogP contribution is 2.30. The number of pyridine rings is 1. The topological polar surface area (TPSA) is 71.1 Å². The van der Waals surface area contributed by atoms with E-state index < -0.39 is 17.5 Å². The summed E-state index contributed by atoms with van der Waals surface area (Å²) in [6.45, 7) is 0. The Labute approximate surface area is 109 Å². The molecule has 1 aromatic carbocycles. The third kappa shape index (κ3) is 1.67. The molecule has 0 radical (unpaired) electrons. The predicted octanol–water partition coefficient (Wildman–Crippen LogP) is 1.16. The van der Waals surface area contributed by atoms with Gasteiger partial charge in [0.2, 0.25) is 0 Å². The van der Waals surface area contributed by atoms with Gasteiger partial charge < -0.3 is 5.32 Å². The van der Waals surface area contributed by atoms with Crippen molar-refractivity contribution in [2.24, 2.45) is 0 Å². The van der Waals surface area contributed by atoms with Crippen LogP contribution in [0.15, 0.2) is 54.7 Å². The van der Waals surface area contributed by atoms with Crippen molar-refractivity contribution in [1.29, 1.82) is 0 Å². The molecule has 3 amide bonds. The lowest BCUT2D eigenvalue weighted by molar-refractivity contribution is -0.123. The molecular weight excluding hydrogens is 242 g/mol. The maximum atomic E-state index is 12.3. The zero-order chi connectivity index (χ0) is 13.3. The summed E-state index contributed by atoms with van der Waals surface area (Å²) in [6, 6.07) is 13.8. The molecule has 1 atom stereocenters. The van der Waals surface area contributed by atoms with Crippen molar-refractivity contribution in [2.75, 3.05) is 0 Å². The lowest BCUT2D eigenvalue weighted by Gasteiger charge is -2.25. The van der Waals surface area contributed by atoms with Crippen LogP contribution in [0.5, 0.6) is 0 Å². The Kier molecular flexibility index (Phi) is 2.52. The van der Waals surface area contributed by atoms with Crippen LogP contribution in [0.25, 0.3) is 0 Å². The molecule has 0 bridgehead atoms. The Hall–Kier alpha value is -2.69. The van der Waals surface area contributed by atoms with Crippen molar-refractivity contribution in [2.45, 2.75) is 5.54 Å². The third-order valence-corrected chi connectivity index (χ3v) is 3.12. The second-order valence-corrected chi connectivity index (χ2v) is 4.24. The molecule has 19 heavy (non-hydrogen) atoms. The van der Waals surface area contributed by atoms with Crippen molar-refractivity contribution in [3.05, 3.63) is 66.0 Å². The predicted molar refractivity (Wildman–Crippen MR) is 68.1 cm³/mol. The van der Waals surface area contributed by atoms with Crippen molar-refractivity contribution in [1.82, 2.24) is 15.6 Å². The van der Waals surface area contributed by atoms with E-state index in [2.05, 4.69) is 15.6 Å². The number of rotatable bonds is 2. The highest BCUT2D eigenvalue weighted by atomic mass is 16.2. The smallest absolute Gasteiger partial charge is 0.314 e. The number of nitrogens with one attached hydrogen (secondary N) is 2. The molecule has 2 heterocycles. The van der Waals surface area contributed by atoms with Gasteiger partial charge in [-0.15, -0.1) is 0 Å². The largest absolute Gasteiger partial charge is 0.322 e. The van der Waals surface area contributed by atoms with Crippen LogP contribution < -0.4 is 10.6 Å². The molecule has 1 aliphatic rings. The minimum atomic E-state index is -1.25. The minimum Gasteiger partial charge on any atom is -0.314 e. The molecule has 1 aliphatic heterocycles. The molecule has 0 unspecified atom stereocenters. The Morgan fingerprint density at radius 3 is 2.26 bits per heavy atom. The number of carbonyl (C=O) groups is 2. The zero-order valence-electron chi connectivity index (χ0n) is 9.96. The molecule has 94 valence electrons. The Bertz CT molecular complexity index is 586. The standard InChI is InChI=1S/C14H11N3O2/c18-12-14(17-13(19)16-12,10-6-2-1-3-7-10)11-8-4-5-9-15-11/h1-9H,(H2,16,17,18,19)/t14-/m1/s1. The third-order valence-electron chi connectivity index (χ3n) is 3.12. The summed E-state index contributed by atoms with van der Waals surface area (Å²) in [6.07, 6.45) is 1.60. The lowest BCUT2D eigenvalue weighted by Crippen LogP contribution is -2.45. The first-order chi connectivity index (χ1) is 9.23. The van der Waals surface area contributed by atoms with Crippen LogP contribution >= 0.6 is 0 Å². The summed E-state index contributed by atoms with van der Waals surface area (Å²) in [7, 11) is 0. The number of aromatic nitrogens is 1. The molecule has 1 fully saturated rings. The molecule has 1 aromatic heterocycles. The zero-order valence-corrected chi connectivity index (χ0v) is 9.96. The maximum Gasteiger partial charge on any atom is 0.322 e. The van der Waals surface area contributed by atoms with E-state index in [1.54, 1.807) is 36.5 Å². The number of benzene rings is 1. The number of nitrogens with zero attached hydrogens (tertiary/aromatic N) is 1. The minimum absolute atomic E-state index is 0.414. The SMILES string of the molecule is O=C1NC(=O)[C@@](c2ccccc2)(c2ccccn2)N1. The van der Waals surface area contributed by atoms with Gasteiger partial charge >= 0.3 is 6.03 Å². The average molecular weight is 253 g/mol. The quantitative estimate of drug-likeness (QED) is 0.789. The van der Waals surface area contributed by atoms with Gasteiger partial charge in [0, 0.05) is 6.20 Å². The highest BCUT2D eigenvalue weighted by Gasteiger charge is 2.50. The van der Waals surface area contributed by atoms with Crippen molar-refractivity contribution in [3.8, 4) is 0 Å². The van der Waals surface area contributed by atoms with E-state index in [1.807, 2.05) is 18.2 Å². The van der Waals surface area contributed by atoms with E-state index >= 15 is 0 Å². The monoisotopic (exact) mass is 253 g/mol. The summed E-state index contributed by atoms with van der Waals surface area (Å²) in [4.78, 5) is 28.0. The molecule has 1 saturated heterocycles. The Balaban J connectivity index is 2.23. The van der Waals surface area contributed by atoms with Crippen LogP contribution in [0.1, 0.15) is 11.3 Å². The van der Waals surface area contributed by atoms with Gasteiger partial charge in [-0.05, 0) is 17.7 Å². The lowest BCUT2D eigenvalue weighted by atomic mass is 9.86. The fourth-order valence-corrected chi connectivity index (χ4v) is 2.26. The normalized spacial score (nSPS) is 21.9. The first-order valence-electron chi connectivity index (χ1n) is 5.84. The van der Waals surface area contributed by atoms with Crippen LogP contribution in [0.3, 0.4) is 0 Å². The highest BCUT2D eigenvalue weighted by molar-refractivity contribution is 6.09. The Morgan fingerprint density at radius 1 is 0.947 bits per heavy atom. The second kappa shape index (κ2) is 4.20.